The zero-order valence-electron chi connectivity index (χ0n) is 12.2. The molecule has 0 saturated carbocycles. The molecule has 7 heteroatoms. The molecular weight excluding hydrogens is 308 g/mol. The maximum Gasteiger partial charge on any atom is 0.271 e. The van der Waals surface area contributed by atoms with E-state index >= 15 is 0 Å². The van der Waals surface area contributed by atoms with Gasteiger partial charge in [0.25, 0.3) is 5.91 Å². The number of amides is 2. The predicted molar refractivity (Wildman–Crippen MR) is 79.7 cm³/mol. The van der Waals surface area contributed by atoms with Gasteiger partial charge in [-0.05, 0) is 30.9 Å². The second kappa shape index (κ2) is 9.04. The number of hydrogen-bond acceptors (Lipinski definition) is 4. The number of nitrogens with one attached hydrogen (secondary N) is 2. The minimum absolute atomic E-state index is 0.0125. The number of carbonyl (C=O) groups is 3. The fourth-order valence-corrected chi connectivity index (χ4v) is 2.16. The maximum absolute atomic E-state index is 11.8. The molecule has 120 valence electrons. The van der Waals surface area contributed by atoms with Crippen molar-refractivity contribution in [2.24, 2.45) is 5.92 Å². The molecule has 2 amide bonds. The molecule has 0 aliphatic heterocycles. The quantitative estimate of drug-likeness (QED) is 0.732. The van der Waals surface area contributed by atoms with Crippen LogP contribution in [0.5, 0.6) is 0 Å². The Hall–Kier alpha value is -2.08. The van der Waals surface area contributed by atoms with E-state index in [1.165, 1.54) is 6.07 Å². The minimum Gasteiger partial charge on any atom is -0.550 e. The van der Waals surface area contributed by atoms with Crippen molar-refractivity contribution in [1.29, 1.82) is 0 Å². The van der Waals surface area contributed by atoms with Gasteiger partial charge >= 0.3 is 0 Å². The summed E-state index contributed by atoms with van der Waals surface area (Å²) in [6.45, 7) is 1.86. The number of hydrazine groups is 1. The first-order valence-electron chi connectivity index (χ1n) is 7.00. The highest BCUT2D eigenvalue weighted by Gasteiger charge is 2.13. The number of halogens is 1. The molecule has 0 aromatic heterocycles. The summed E-state index contributed by atoms with van der Waals surface area (Å²) in [7, 11) is 0. The summed E-state index contributed by atoms with van der Waals surface area (Å²) in [6, 6.07) is 6.42. The van der Waals surface area contributed by atoms with Gasteiger partial charge in [0.05, 0.1) is 10.6 Å². The Morgan fingerprint density at radius 2 is 1.86 bits per heavy atom. The van der Waals surface area contributed by atoms with Crippen LogP contribution in [0, 0.1) is 5.92 Å². The highest BCUT2D eigenvalue weighted by molar-refractivity contribution is 6.33. The molecule has 2 N–H and O–H groups in total. The lowest BCUT2D eigenvalue weighted by Gasteiger charge is -2.16. The Morgan fingerprint density at radius 3 is 2.45 bits per heavy atom. The van der Waals surface area contributed by atoms with E-state index in [-0.39, 0.29) is 23.4 Å². The number of benzene rings is 1. The van der Waals surface area contributed by atoms with Crippen molar-refractivity contribution in [2.45, 2.75) is 32.6 Å². The largest absolute Gasteiger partial charge is 0.550 e. The van der Waals surface area contributed by atoms with Crippen molar-refractivity contribution in [1.82, 2.24) is 10.9 Å². The molecule has 1 aromatic carbocycles. The van der Waals surface area contributed by atoms with E-state index in [1.807, 2.05) is 6.92 Å². The van der Waals surface area contributed by atoms with Gasteiger partial charge in [-0.15, -0.1) is 0 Å². The molecular formula is C15H18ClN2O4-. The zero-order valence-corrected chi connectivity index (χ0v) is 13.0. The molecule has 0 spiro atoms. The summed E-state index contributed by atoms with van der Waals surface area (Å²) in [4.78, 5) is 34.3. The highest BCUT2D eigenvalue weighted by Crippen LogP contribution is 2.14. The number of carboxylic acids is 1. The Labute approximate surface area is 133 Å². The van der Waals surface area contributed by atoms with Crippen LogP contribution in [-0.4, -0.2) is 17.8 Å². The van der Waals surface area contributed by atoms with Crippen LogP contribution in [0.25, 0.3) is 0 Å². The van der Waals surface area contributed by atoms with Crippen LogP contribution in [0.4, 0.5) is 0 Å². The van der Waals surface area contributed by atoms with Gasteiger partial charge in [0.2, 0.25) is 5.91 Å². The Morgan fingerprint density at radius 1 is 1.18 bits per heavy atom. The summed E-state index contributed by atoms with van der Waals surface area (Å²) >= 11 is 5.86. The van der Waals surface area contributed by atoms with Crippen LogP contribution >= 0.6 is 11.6 Å². The summed E-state index contributed by atoms with van der Waals surface area (Å²) in [5.41, 5.74) is 4.71. The van der Waals surface area contributed by atoms with Crippen LogP contribution in [0.1, 0.15) is 43.0 Å². The third-order valence-corrected chi connectivity index (χ3v) is 3.45. The maximum atomic E-state index is 11.8. The SMILES string of the molecule is CCC[C@@H](CCC(=O)NNC(=O)c1ccccc1Cl)C(=O)[O-]. The Kier molecular flexibility index (Phi) is 7.39. The summed E-state index contributed by atoms with van der Waals surface area (Å²) < 4.78 is 0. The molecule has 0 aliphatic carbocycles. The average molecular weight is 326 g/mol. The first-order chi connectivity index (χ1) is 10.5. The molecule has 6 nitrogen and oxygen atoms in total. The molecule has 1 aromatic rings. The van der Waals surface area contributed by atoms with Crippen molar-refractivity contribution < 1.29 is 19.5 Å². The fourth-order valence-electron chi connectivity index (χ4n) is 1.94. The van der Waals surface area contributed by atoms with Crippen molar-refractivity contribution in [3.8, 4) is 0 Å². The molecule has 0 radical (unpaired) electrons. The van der Waals surface area contributed by atoms with E-state index in [9.17, 15) is 19.5 Å². The summed E-state index contributed by atoms with van der Waals surface area (Å²) in [5.74, 6) is -2.82. The van der Waals surface area contributed by atoms with E-state index in [2.05, 4.69) is 10.9 Å². The smallest absolute Gasteiger partial charge is 0.271 e. The van der Waals surface area contributed by atoms with Gasteiger partial charge in [-0.1, -0.05) is 37.1 Å². The van der Waals surface area contributed by atoms with E-state index < -0.39 is 23.7 Å². The molecule has 0 unspecified atom stereocenters. The molecule has 0 bridgehead atoms. The number of aliphatic carboxylic acids is 1. The second-order valence-corrected chi connectivity index (χ2v) is 5.23. The fraction of sp³-hybridized carbons (Fsp3) is 0.400. The third-order valence-electron chi connectivity index (χ3n) is 3.12. The topological polar surface area (TPSA) is 98.3 Å². The summed E-state index contributed by atoms with van der Waals surface area (Å²) in [5, 5.41) is 11.1. The van der Waals surface area contributed by atoms with Crippen LogP contribution in [0.2, 0.25) is 5.02 Å². The molecule has 22 heavy (non-hydrogen) atoms. The van der Waals surface area contributed by atoms with E-state index in [4.69, 9.17) is 11.6 Å². The molecule has 0 aliphatic rings. The lowest BCUT2D eigenvalue weighted by molar-refractivity contribution is -0.312. The number of hydrogen-bond donors (Lipinski definition) is 2. The van der Waals surface area contributed by atoms with Gasteiger partial charge in [-0.2, -0.15) is 0 Å². The number of carbonyl (C=O) groups excluding carboxylic acids is 3. The third kappa shape index (κ3) is 5.73. The second-order valence-electron chi connectivity index (χ2n) is 4.83. The van der Waals surface area contributed by atoms with Gasteiger partial charge in [0, 0.05) is 12.4 Å². The summed E-state index contributed by atoms with van der Waals surface area (Å²) in [6.07, 6.45) is 1.32. The number of carboxylic acid groups (broad SMARTS) is 1. The van der Waals surface area contributed by atoms with Gasteiger partial charge in [-0.25, -0.2) is 0 Å². The van der Waals surface area contributed by atoms with Crippen LogP contribution in [-0.2, 0) is 9.59 Å². The Bertz CT molecular complexity index is 548. The minimum atomic E-state index is -1.16. The van der Waals surface area contributed by atoms with E-state index in [0.717, 1.165) is 0 Å². The molecule has 0 heterocycles. The van der Waals surface area contributed by atoms with Crippen molar-refractivity contribution >= 4 is 29.4 Å². The zero-order chi connectivity index (χ0) is 16.5. The lowest BCUT2D eigenvalue weighted by Crippen LogP contribution is -2.42. The van der Waals surface area contributed by atoms with E-state index in [0.29, 0.717) is 12.8 Å². The monoisotopic (exact) mass is 325 g/mol. The van der Waals surface area contributed by atoms with E-state index in [1.54, 1.807) is 18.2 Å². The van der Waals surface area contributed by atoms with Gasteiger partial charge in [0.1, 0.15) is 0 Å². The van der Waals surface area contributed by atoms with Gasteiger partial charge in [-0.3, -0.25) is 20.4 Å². The average Bonchev–Trinajstić information content (AvgIpc) is 2.49. The first kappa shape index (κ1) is 18.0. The van der Waals surface area contributed by atoms with Crippen LogP contribution < -0.4 is 16.0 Å². The predicted octanol–water partition coefficient (Wildman–Crippen LogP) is 1.05. The molecule has 0 saturated heterocycles. The standard InChI is InChI=1S/C15H19ClN2O4/c1-2-5-10(15(21)22)8-9-13(19)17-18-14(20)11-6-3-4-7-12(11)16/h3-4,6-7,10H,2,5,8-9H2,1H3,(H,17,19)(H,18,20)(H,21,22)/p-1/t10-/m0/s1. The van der Waals surface area contributed by atoms with Crippen LogP contribution in [0.3, 0.4) is 0 Å². The lowest BCUT2D eigenvalue weighted by atomic mass is 9.98. The van der Waals surface area contributed by atoms with Crippen molar-refractivity contribution in [3.05, 3.63) is 34.9 Å². The van der Waals surface area contributed by atoms with Crippen molar-refractivity contribution in [2.75, 3.05) is 0 Å². The first-order valence-corrected chi connectivity index (χ1v) is 7.38. The van der Waals surface area contributed by atoms with Gasteiger partial charge < -0.3 is 9.90 Å². The normalized spacial score (nSPS) is 11.5. The highest BCUT2D eigenvalue weighted by atomic mass is 35.5. The van der Waals surface area contributed by atoms with Crippen molar-refractivity contribution in [3.63, 3.8) is 0 Å². The Balaban J connectivity index is 2.41. The molecule has 1 rings (SSSR count). The molecule has 1 atom stereocenters. The van der Waals surface area contributed by atoms with Gasteiger partial charge in [0.15, 0.2) is 0 Å². The molecule has 0 fully saturated rings. The number of rotatable bonds is 7. The van der Waals surface area contributed by atoms with Crippen LogP contribution in [0.15, 0.2) is 24.3 Å².